The Bertz CT molecular complexity index is 478. The van der Waals surface area contributed by atoms with Crippen molar-refractivity contribution in [1.29, 1.82) is 0 Å². The van der Waals surface area contributed by atoms with Crippen molar-refractivity contribution >= 4 is 5.91 Å². The van der Waals surface area contributed by atoms with E-state index in [2.05, 4.69) is 10.3 Å². The first-order valence-electron chi connectivity index (χ1n) is 6.83. The summed E-state index contributed by atoms with van der Waals surface area (Å²) in [6, 6.07) is 1.71. The van der Waals surface area contributed by atoms with E-state index in [1.807, 2.05) is 0 Å². The lowest BCUT2D eigenvalue weighted by molar-refractivity contribution is -0.194. The van der Waals surface area contributed by atoms with E-state index in [9.17, 15) is 18.0 Å². The van der Waals surface area contributed by atoms with Gasteiger partial charge in [0.2, 0.25) is 5.91 Å². The lowest BCUT2D eigenvalue weighted by Gasteiger charge is -2.40. The Morgan fingerprint density at radius 3 is 2.62 bits per heavy atom. The second kappa shape index (κ2) is 6.43. The molecule has 21 heavy (non-hydrogen) atoms. The number of piperidine rings is 1. The van der Waals surface area contributed by atoms with Crippen LogP contribution in [-0.2, 0) is 11.3 Å². The van der Waals surface area contributed by atoms with E-state index >= 15 is 0 Å². The number of amides is 1. The molecule has 0 saturated carbocycles. The molecular weight excluding hydrogens is 283 g/mol. The number of hydrogen-bond donors (Lipinski definition) is 1. The summed E-state index contributed by atoms with van der Waals surface area (Å²) in [7, 11) is 0. The zero-order chi connectivity index (χ0) is 15.5. The van der Waals surface area contributed by atoms with Crippen molar-refractivity contribution in [3.63, 3.8) is 0 Å². The predicted molar refractivity (Wildman–Crippen MR) is 71.3 cm³/mol. The molecule has 4 nitrogen and oxygen atoms in total. The summed E-state index contributed by atoms with van der Waals surface area (Å²) in [6.45, 7) is 1.78. The molecule has 1 aromatic rings. The van der Waals surface area contributed by atoms with Crippen LogP contribution in [0.4, 0.5) is 13.2 Å². The zero-order valence-electron chi connectivity index (χ0n) is 11.7. The van der Waals surface area contributed by atoms with Crippen LogP contribution in [0.15, 0.2) is 24.5 Å². The molecule has 1 aliphatic rings. The van der Waals surface area contributed by atoms with Gasteiger partial charge in [0, 0.05) is 38.4 Å². The largest absolute Gasteiger partial charge is 0.404 e. The minimum atomic E-state index is -4.26. The number of nitrogens with one attached hydrogen (secondary N) is 1. The highest BCUT2D eigenvalue weighted by atomic mass is 19.4. The molecule has 0 aliphatic carbocycles. The van der Waals surface area contributed by atoms with Gasteiger partial charge in [-0.05, 0) is 30.5 Å². The molecule has 0 aromatic carbocycles. The van der Waals surface area contributed by atoms with Crippen LogP contribution < -0.4 is 5.32 Å². The van der Waals surface area contributed by atoms with Crippen molar-refractivity contribution in [3.8, 4) is 0 Å². The van der Waals surface area contributed by atoms with Gasteiger partial charge in [0.15, 0.2) is 0 Å². The lowest BCUT2D eigenvalue weighted by atomic mass is 9.97. The molecule has 2 atom stereocenters. The second-order valence-electron chi connectivity index (χ2n) is 5.32. The Morgan fingerprint density at radius 2 is 2.05 bits per heavy atom. The first-order chi connectivity index (χ1) is 9.86. The smallest absolute Gasteiger partial charge is 0.352 e. The Hall–Kier alpha value is -1.63. The number of aromatic nitrogens is 1. The van der Waals surface area contributed by atoms with Crippen LogP contribution in [0.2, 0.25) is 0 Å². The summed E-state index contributed by atoms with van der Waals surface area (Å²) in [4.78, 5) is 16.3. The van der Waals surface area contributed by atoms with Crippen LogP contribution in [0, 0.1) is 0 Å². The third-order valence-corrected chi connectivity index (χ3v) is 3.60. The fourth-order valence-electron chi connectivity index (χ4n) is 2.72. The standard InChI is InChI=1S/C14H18F3N3O/c1-10(21)19-12-2-3-13(14(15,16)17)20(9-12)8-11-4-6-18-7-5-11/h4-7,12-13H,2-3,8-9H2,1H3,(H,19,21)/t12-,13-/m1/s1. The van der Waals surface area contributed by atoms with Gasteiger partial charge < -0.3 is 5.32 Å². The Labute approximate surface area is 121 Å². The van der Waals surface area contributed by atoms with Gasteiger partial charge in [-0.15, -0.1) is 0 Å². The Balaban J connectivity index is 2.11. The SMILES string of the molecule is CC(=O)N[C@@H]1CC[C@H](C(F)(F)F)N(Cc2ccncc2)C1. The highest BCUT2D eigenvalue weighted by Crippen LogP contribution is 2.32. The lowest BCUT2D eigenvalue weighted by Crippen LogP contribution is -2.55. The van der Waals surface area contributed by atoms with Gasteiger partial charge in [-0.2, -0.15) is 13.2 Å². The Kier molecular flexibility index (Phi) is 4.82. The summed E-state index contributed by atoms with van der Waals surface area (Å²) in [6.07, 6.45) is -0.787. The van der Waals surface area contributed by atoms with Gasteiger partial charge in [0.25, 0.3) is 0 Å². The molecule has 1 fully saturated rings. The molecule has 7 heteroatoms. The average molecular weight is 301 g/mol. The van der Waals surface area contributed by atoms with Crippen LogP contribution in [0.25, 0.3) is 0 Å². The highest BCUT2D eigenvalue weighted by Gasteiger charge is 2.46. The van der Waals surface area contributed by atoms with Crippen molar-refractivity contribution < 1.29 is 18.0 Å². The number of carbonyl (C=O) groups excluding carboxylic acids is 1. The molecule has 0 bridgehead atoms. The normalized spacial score (nSPS) is 23.8. The molecule has 1 saturated heterocycles. The van der Waals surface area contributed by atoms with Crippen molar-refractivity contribution in [2.24, 2.45) is 0 Å². The highest BCUT2D eigenvalue weighted by molar-refractivity contribution is 5.73. The van der Waals surface area contributed by atoms with Gasteiger partial charge in [0.1, 0.15) is 6.04 Å². The van der Waals surface area contributed by atoms with Gasteiger partial charge in [-0.25, -0.2) is 0 Å². The van der Waals surface area contributed by atoms with Gasteiger partial charge in [-0.1, -0.05) is 0 Å². The number of hydrogen-bond acceptors (Lipinski definition) is 3. The molecule has 2 rings (SSSR count). The maximum absolute atomic E-state index is 13.1. The van der Waals surface area contributed by atoms with Gasteiger partial charge >= 0.3 is 6.18 Å². The number of nitrogens with zero attached hydrogens (tertiary/aromatic N) is 2. The first kappa shape index (κ1) is 15.8. The number of rotatable bonds is 3. The summed E-state index contributed by atoms with van der Waals surface area (Å²) in [5, 5.41) is 2.71. The maximum atomic E-state index is 13.1. The monoisotopic (exact) mass is 301 g/mol. The molecular formula is C14H18F3N3O. The van der Waals surface area contributed by atoms with E-state index in [1.54, 1.807) is 24.5 Å². The summed E-state index contributed by atoms with van der Waals surface area (Å²) in [5.74, 6) is -0.214. The fourth-order valence-corrected chi connectivity index (χ4v) is 2.72. The van der Waals surface area contributed by atoms with Crippen LogP contribution in [0.1, 0.15) is 25.3 Å². The summed E-state index contributed by atoms with van der Waals surface area (Å²) in [5.41, 5.74) is 0.780. The number of carbonyl (C=O) groups is 1. The number of alkyl halides is 3. The Morgan fingerprint density at radius 1 is 1.38 bits per heavy atom. The van der Waals surface area contributed by atoms with E-state index in [1.165, 1.54) is 11.8 Å². The van der Waals surface area contributed by atoms with Crippen LogP contribution in [0.5, 0.6) is 0 Å². The minimum absolute atomic E-state index is 0.000466. The van der Waals surface area contributed by atoms with Crippen LogP contribution in [0.3, 0.4) is 0 Å². The van der Waals surface area contributed by atoms with Crippen molar-refractivity contribution in [1.82, 2.24) is 15.2 Å². The van der Waals surface area contributed by atoms with E-state index in [0.29, 0.717) is 6.42 Å². The summed E-state index contributed by atoms with van der Waals surface area (Å²) >= 11 is 0. The molecule has 1 aliphatic heterocycles. The third kappa shape index (κ3) is 4.42. The number of halogens is 3. The van der Waals surface area contributed by atoms with Crippen molar-refractivity contribution in [2.45, 2.75) is 44.6 Å². The van der Waals surface area contributed by atoms with Crippen molar-refractivity contribution in [3.05, 3.63) is 30.1 Å². The van der Waals surface area contributed by atoms with E-state index in [4.69, 9.17) is 0 Å². The average Bonchev–Trinajstić information content (AvgIpc) is 2.38. The van der Waals surface area contributed by atoms with Crippen LogP contribution in [-0.4, -0.2) is 40.6 Å². The maximum Gasteiger partial charge on any atom is 0.404 e. The third-order valence-electron chi connectivity index (χ3n) is 3.60. The predicted octanol–water partition coefficient (Wildman–Crippen LogP) is 2.11. The minimum Gasteiger partial charge on any atom is -0.352 e. The molecule has 2 heterocycles. The van der Waals surface area contributed by atoms with Gasteiger partial charge in [0.05, 0.1) is 0 Å². The fraction of sp³-hybridized carbons (Fsp3) is 0.571. The van der Waals surface area contributed by atoms with Crippen LogP contribution >= 0.6 is 0 Å². The zero-order valence-corrected chi connectivity index (χ0v) is 11.7. The quantitative estimate of drug-likeness (QED) is 0.930. The van der Waals surface area contributed by atoms with E-state index in [0.717, 1.165) is 5.56 Å². The summed E-state index contributed by atoms with van der Waals surface area (Å²) < 4.78 is 39.4. The van der Waals surface area contributed by atoms with Crippen molar-refractivity contribution in [2.75, 3.05) is 6.54 Å². The first-order valence-corrected chi connectivity index (χ1v) is 6.83. The van der Waals surface area contributed by atoms with Gasteiger partial charge in [-0.3, -0.25) is 14.7 Å². The topological polar surface area (TPSA) is 45.2 Å². The molecule has 0 unspecified atom stereocenters. The number of pyridine rings is 1. The van der Waals surface area contributed by atoms with E-state index in [-0.39, 0.29) is 31.5 Å². The number of likely N-dealkylation sites (tertiary alicyclic amines) is 1. The second-order valence-corrected chi connectivity index (χ2v) is 5.32. The van der Waals surface area contributed by atoms with E-state index < -0.39 is 12.2 Å². The molecule has 0 radical (unpaired) electrons. The molecule has 1 amide bonds. The molecule has 1 aromatic heterocycles. The molecule has 1 N–H and O–H groups in total. The molecule has 0 spiro atoms. The molecule has 116 valence electrons.